The Kier molecular flexibility index (Phi) is 5.31. The van der Waals surface area contributed by atoms with Gasteiger partial charge in [-0.2, -0.15) is 0 Å². The lowest BCUT2D eigenvalue weighted by molar-refractivity contribution is -0.126. The fourth-order valence-corrected chi connectivity index (χ4v) is 3.68. The van der Waals surface area contributed by atoms with E-state index < -0.39 is 18.0 Å². The summed E-state index contributed by atoms with van der Waals surface area (Å²) in [5, 5.41) is 2.02. The molecule has 0 spiro atoms. The Balaban J connectivity index is 1.48. The molecule has 4 aromatic rings. The number of amides is 1. The summed E-state index contributed by atoms with van der Waals surface area (Å²) in [6.07, 6.45) is 2.27. The topological polar surface area (TPSA) is 95.2 Å². The van der Waals surface area contributed by atoms with Crippen molar-refractivity contribution in [2.75, 3.05) is 0 Å². The number of nitrogens with two attached hydrogens (primary N) is 1. The van der Waals surface area contributed by atoms with Gasteiger partial charge in [-0.05, 0) is 40.8 Å². The highest BCUT2D eigenvalue weighted by Gasteiger charge is 2.22. The Morgan fingerprint density at radius 2 is 1.76 bits per heavy atom. The maximum absolute atomic E-state index is 12.5. The number of nitrogens with zero attached hydrogens (tertiary/aromatic N) is 2. The van der Waals surface area contributed by atoms with E-state index in [9.17, 15) is 9.59 Å². The second kappa shape index (κ2) is 8.20. The van der Waals surface area contributed by atoms with E-state index in [0.717, 1.165) is 16.0 Å². The highest BCUT2D eigenvalue weighted by molar-refractivity contribution is 7.13. The van der Waals surface area contributed by atoms with Gasteiger partial charge in [0.05, 0.1) is 16.6 Å². The second-order valence-electron chi connectivity index (χ2n) is 6.43. The van der Waals surface area contributed by atoms with Crippen molar-refractivity contribution in [3.05, 3.63) is 83.5 Å². The van der Waals surface area contributed by atoms with Crippen LogP contribution in [0.5, 0.6) is 0 Å². The van der Waals surface area contributed by atoms with E-state index in [1.807, 2.05) is 41.8 Å². The van der Waals surface area contributed by atoms with Crippen molar-refractivity contribution < 1.29 is 14.3 Å². The number of esters is 1. The normalized spacial score (nSPS) is 11.9. The van der Waals surface area contributed by atoms with Gasteiger partial charge in [0, 0.05) is 23.7 Å². The van der Waals surface area contributed by atoms with Crippen LogP contribution < -0.4 is 5.73 Å². The van der Waals surface area contributed by atoms with E-state index in [4.69, 9.17) is 10.5 Å². The third-order valence-corrected chi connectivity index (χ3v) is 5.37. The molecule has 0 aliphatic rings. The number of ether oxygens (including phenoxy) is 1. The predicted octanol–water partition coefficient (Wildman–Crippen LogP) is 3.61. The first-order valence-electron chi connectivity index (χ1n) is 8.94. The first kappa shape index (κ1) is 18.8. The minimum absolute atomic E-state index is 0.208. The van der Waals surface area contributed by atoms with Crippen LogP contribution in [-0.4, -0.2) is 27.9 Å². The molecule has 0 aliphatic heterocycles. The summed E-state index contributed by atoms with van der Waals surface area (Å²) < 4.78 is 5.39. The van der Waals surface area contributed by atoms with E-state index >= 15 is 0 Å². The summed E-state index contributed by atoms with van der Waals surface area (Å²) in [4.78, 5) is 33.9. The van der Waals surface area contributed by atoms with Crippen LogP contribution in [0.2, 0.25) is 0 Å². The number of hydrogen-bond donors (Lipinski definition) is 1. The molecule has 144 valence electrons. The molecular weight excluding hydrogens is 386 g/mol. The highest BCUT2D eigenvalue weighted by Crippen LogP contribution is 2.25. The molecule has 6 nitrogen and oxygen atoms in total. The van der Waals surface area contributed by atoms with Crippen LogP contribution in [0.3, 0.4) is 0 Å². The number of thiophene rings is 1. The average Bonchev–Trinajstić information content (AvgIpc) is 3.28. The molecule has 0 aliphatic carbocycles. The zero-order valence-electron chi connectivity index (χ0n) is 15.3. The van der Waals surface area contributed by atoms with Gasteiger partial charge in [-0.3, -0.25) is 14.8 Å². The third kappa shape index (κ3) is 4.30. The number of hydrogen-bond acceptors (Lipinski definition) is 6. The van der Waals surface area contributed by atoms with Crippen molar-refractivity contribution >= 4 is 34.2 Å². The van der Waals surface area contributed by atoms with Crippen LogP contribution in [0.15, 0.2) is 72.4 Å². The minimum atomic E-state index is -1.06. The molecule has 7 heteroatoms. The fraction of sp³-hybridized carbons (Fsp3) is 0.0909. The molecule has 0 saturated heterocycles. The molecule has 2 N–H and O–H groups in total. The number of carbonyl (C=O) groups excluding carboxylic acids is 2. The lowest BCUT2D eigenvalue weighted by atomic mass is 10.0. The standard InChI is InChI=1S/C22H17N3O3S/c23-21(26)19(12-14-3-5-15(6-4-14)20-2-1-11-29-20)28-22(27)16-7-8-17-18(13-16)25-10-9-24-17/h1-11,13,19H,12H2,(H2,23,26). The van der Waals surface area contributed by atoms with E-state index in [0.29, 0.717) is 11.0 Å². The first-order chi connectivity index (χ1) is 14.1. The van der Waals surface area contributed by atoms with Gasteiger partial charge in [-0.1, -0.05) is 30.3 Å². The Morgan fingerprint density at radius 3 is 2.45 bits per heavy atom. The SMILES string of the molecule is NC(=O)C(Cc1ccc(-c2cccs2)cc1)OC(=O)c1ccc2nccnc2c1. The Labute approximate surface area is 171 Å². The first-order valence-corrected chi connectivity index (χ1v) is 9.82. The summed E-state index contributed by atoms with van der Waals surface area (Å²) >= 11 is 1.65. The van der Waals surface area contributed by atoms with Crippen LogP contribution in [0.25, 0.3) is 21.5 Å². The van der Waals surface area contributed by atoms with Gasteiger partial charge in [0.25, 0.3) is 5.91 Å². The summed E-state index contributed by atoms with van der Waals surface area (Å²) in [6, 6.07) is 16.7. The average molecular weight is 403 g/mol. The number of rotatable bonds is 6. The lowest BCUT2D eigenvalue weighted by Crippen LogP contribution is -2.35. The van der Waals surface area contributed by atoms with Crippen molar-refractivity contribution in [1.82, 2.24) is 9.97 Å². The summed E-state index contributed by atoms with van der Waals surface area (Å²) in [7, 11) is 0. The van der Waals surface area contributed by atoms with Gasteiger partial charge in [-0.25, -0.2) is 4.79 Å². The van der Waals surface area contributed by atoms with Gasteiger partial charge in [-0.15, -0.1) is 11.3 Å². The molecule has 1 atom stereocenters. The van der Waals surface area contributed by atoms with Crippen LogP contribution >= 0.6 is 11.3 Å². The van der Waals surface area contributed by atoms with Crippen LogP contribution in [0, 0.1) is 0 Å². The summed E-state index contributed by atoms with van der Waals surface area (Å²) in [6.45, 7) is 0. The quantitative estimate of drug-likeness (QED) is 0.496. The van der Waals surface area contributed by atoms with Gasteiger partial charge < -0.3 is 10.5 Å². The lowest BCUT2D eigenvalue weighted by Gasteiger charge is -2.15. The van der Waals surface area contributed by atoms with Crippen LogP contribution in [0.4, 0.5) is 0 Å². The molecule has 1 unspecified atom stereocenters. The third-order valence-electron chi connectivity index (χ3n) is 4.45. The maximum Gasteiger partial charge on any atom is 0.339 e. The van der Waals surface area contributed by atoms with Crippen molar-refractivity contribution in [3.63, 3.8) is 0 Å². The molecule has 2 aromatic heterocycles. The Hall–Kier alpha value is -3.58. The molecule has 2 aromatic carbocycles. The molecule has 0 fully saturated rings. The molecule has 0 radical (unpaired) electrons. The minimum Gasteiger partial charge on any atom is -0.448 e. The number of fused-ring (bicyclic) bond motifs is 1. The molecule has 1 amide bonds. The zero-order chi connectivity index (χ0) is 20.2. The van der Waals surface area contributed by atoms with Crippen molar-refractivity contribution in [2.45, 2.75) is 12.5 Å². The molecule has 0 saturated carbocycles. The number of primary amides is 1. The molecular formula is C22H17N3O3S. The molecule has 0 bridgehead atoms. The zero-order valence-corrected chi connectivity index (χ0v) is 16.1. The molecule has 29 heavy (non-hydrogen) atoms. The number of carbonyl (C=O) groups is 2. The fourth-order valence-electron chi connectivity index (χ4n) is 2.95. The smallest absolute Gasteiger partial charge is 0.339 e. The van der Waals surface area contributed by atoms with Crippen molar-refractivity contribution in [1.29, 1.82) is 0 Å². The number of benzene rings is 2. The Morgan fingerprint density at radius 1 is 1.00 bits per heavy atom. The summed E-state index contributed by atoms with van der Waals surface area (Å²) in [5.41, 5.74) is 8.94. The van der Waals surface area contributed by atoms with Crippen molar-refractivity contribution in [2.24, 2.45) is 5.73 Å². The van der Waals surface area contributed by atoms with E-state index in [1.165, 1.54) is 0 Å². The van der Waals surface area contributed by atoms with E-state index in [-0.39, 0.29) is 12.0 Å². The van der Waals surface area contributed by atoms with Gasteiger partial charge in [0.15, 0.2) is 6.10 Å². The van der Waals surface area contributed by atoms with Gasteiger partial charge in [0.2, 0.25) is 0 Å². The van der Waals surface area contributed by atoms with Gasteiger partial charge >= 0.3 is 5.97 Å². The second-order valence-corrected chi connectivity index (χ2v) is 7.38. The number of aromatic nitrogens is 2. The van der Waals surface area contributed by atoms with E-state index in [1.54, 1.807) is 41.9 Å². The van der Waals surface area contributed by atoms with E-state index in [2.05, 4.69) is 9.97 Å². The maximum atomic E-state index is 12.5. The molecule has 4 rings (SSSR count). The van der Waals surface area contributed by atoms with Crippen LogP contribution in [0.1, 0.15) is 15.9 Å². The predicted molar refractivity (Wildman–Crippen MR) is 111 cm³/mol. The largest absolute Gasteiger partial charge is 0.448 e. The monoisotopic (exact) mass is 403 g/mol. The summed E-state index contributed by atoms with van der Waals surface area (Å²) in [5.74, 6) is -1.32. The van der Waals surface area contributed by atoms with Crippen molar-refractivity contribution in [3.8, 4) is 10.4 Å². The van der Waals surface area contributed by atoms with Crippen LogP contribution in [-0.2, 0) is 16.0 Å². The highest BCUT2D eigenvalue weighted by atomic mass is 32.1. The Bertz CT molecular complexity index is 1160. The van der Waals surface area contributed by atoms with Gasteiger partial charge in [0.1, 0.15) is 0 Å². The molecule has 2 heterocycles.